The van der Waals surface area contributed by atoms with E-state index in [4.69, 9.17) is 9.47 Å². The Kier molecular flexibility index (Phi) is 4.33. The van der Waals surface area contributed by atoms with Crippen molar-refractivity contribution in [3.63, 3.8) is 0 Å². The Morgan fingerprint density at radius 1 is 0.840 bits per heavy atom. The topological polar surface area (TPSA) is 18.5 Å². The lowest BCUT2D eigenvalue weighted by atomic mass is 9.82. The normalized spacial score (nSPS) is 15.8. The summed E-state index contributed by atoms with van der Waals surface area (Å²) in [4.78, 5) is 0. The predicted molar refractivity (Wildman–Crippen MR) is 104 cm³/mol. The first-order valence-corrected chi connectivity index (χ1v) is 9.02. The van der Waals surface area contributed by atoms with E-state index in [2.05, 4.69) is 84.0 Å². The maximum atomic E-state index is 6.25. The van der Waals surface area contributed by atoms with Gasteiger partial charge in [0.2, 0.25) is 0 Å². The molecule has 0 saturated heterocycles. The molecule has 3 rings (SSSR count). The van der Waals surface area contributed by atoms with Crippen LogP contribution in [0, 0.1) is 0 Å². The highest BCUT2D eigenvalue weighted by Gasteiger charge is 2.39. The second-order valence-electron chi connectivity index (χ2n) is 8.56. The molecule has 2 nitrogen and oxygen atoms in total. The van der Waals surface area contributed by atoms with Gasteiger partial charge in [0.25, 0.3) is 0 Å². The molecule has 0 spiro atoms. The number of rotatable bonds is 5. The lowest BCUT2D eigenvalue weighted by Crippen LogP contribution is -2.48. The average Bonchev–Trinajstić information content (AvgIpc) is 2.81. The summed E-state index contributed by atoms with van der Waals surface area (Å²) >= 11 is 0. The van der Waals surface area contributed by atoms with Crippen LogP contribution in [-0.2, 0) is 21.5 Å². The van der Waals surface area contributed by atoms with E-state index in [1.807, 2.05) is 0 Å². The molecule has 134 valence electrons. The second-order valence-corrected chi connectivity index (χ2v) is 8.56. The standard InChI is InChI=1S/C23H30O2/c1-21(2)19-11-9-8-10-17(19)18-13-12-16(14-20(18)21)15-25-23(5,6)22(3,4)24-7/h8-14H,15H2,1-7H3. The summed E-state index contributed by atoms with van der Waals surface area (Å²) in [6, 6.07) is 15.5. The fourth-order valence-electron chi connectivity index (χ4n) is 3.52. The molecule has 0 amide bonds. The van der Waals surface area contributed by atoms with E-state index >= 15 is 0 Å². The number of methoxy groups -OCH3 is 1. The highest BCUT2D eigenvalue weighted by Crippen LogP contribution is 2.48. The molecule has 1 aliphatic rings. The van der Waals surface area contributed by atoms with Crippen LogP contribution in [0.3, 0.4) is 0 Å². The molecular formula is C23H30O2. The third-order valence-electron chi connectivity index (χ3n) is 6.21. The maximum absolute atomic E-state index is 6.25. The van der Waals surface area contributed by atoms with Gasteiger partial charge in [0, 0.05) is 12.5 Å². The molecule has 2 aromatic carbocycles. The number of ether oxygens (including phenoxy) is 2. The van der Waals surface area contributed by atoms with E-state index in [-0.39, 0.29) is 16.6 Å². The quantitative estimate of drug-likeness (QED) is 0.695. The number of benzene rings is 2. The fraction of sp³-hybridized carbons (Fsp3) is 0.478. The minimum absolute atomic E-state index is 0.0310. The average molecular weight is 338 g/mol. The first-order chi connectivity index (χ1) is 11.6. The van der Waals surface area contributed by atoms with E-state index in [0.29, 0.717) is 6.61 Å². The van der Waals surface area contributed by atoms with Gasteiger partial charge in [0.15, 0.2) is 0 Å². The molecule has 0 N–H and O–H groups in total. The van der Waals surface area contributed by atoms with E-state index in [1.54, 1.807) is 7.11 Å². The summed E-state index contributed by atoms with van der Waals surface area (Å²) in [6.45, 7) is 13.5. The van der Waals surface area contributed by atoms with Crippen LogP contribution < -0.4 is 0 Å². The monoisotopic (exact) mass is 338 g/mol. The Balaban J connectivity index is 1.88. The van der Waals surface area contributed by atoms with E-state index in [0.717, 1.165) is 0 Å². The van der Waals surface area contributed by atoms with Crippen molar-refractivity contribution in [3.05, 3.63) is 59.2 Å². The highest BCUT2D eigenvalue weighted by atomic mass is 16.6. The van der Waals surface area contributed by atoms with Gasteiger partial charge in [0.1, 0.15) is 0 Å². The predicted octanol–water partition coefficient (Wildman–Crippen LogP) is 5.71. The van der Waals surface area contributed by atoms with Crippen molar-refractivity contribution in [2.24, 2.45) is 0 Å². The smallest absolute Gasteiger partial charge is 0.0913 e. The Hall–Kier alpha value is -1.64. The van der Waals surface area contributed by atoms with Crippen LogP contribution in [0.1, 0.15) is 58.2 Å². The van der Waals surface area contributed by atoms with Gasteiger partial charge in [-0.15, -0.1) is 0 Å². The molecule has 0 unspecified atom stereocenters. The van der Waals surface area contributed by atoms with E-state index in [9.17, 15) is 0 Å². The van der Waals surface area contributed by atoms with Gasteiger partial charge >= 0.3 is 0 Å². The molecule has 0 radical (unpaired) electrons. The summed E-state index contributed by atoms with van der Waals surface area (Å²) in [5.74, 6) is 0. The van der Waals surface area contributed by atoms with Crippen molar-refractivity contribution in [2.75, 3.05) is 7.11 Å². The zero-order valence-corrected chi connectivity index (χ0v) is 16.6. The van der Waals surface area contributed by atoms with Crippen LogP contribution in [0.4, 0.5) is 0 Å². The van der Waals surface area contributed by atoms with Crippen LogP contribution in [0.25, 0.3) is 11.1 Å². The first-order valence-electron chi connectivity index (χ1n) is 9.02. The SMILES string of the molecule is COC(C)(C)C(C)(C)OCc1ccc2c(c1)C(C)(C)c1ccccc1-2. The third-order valence-corrected chi connectivity index (χ3v) is 6.21. The number of fused-ring (bicyclic) bond motifs is 3. The van der Waals surface area contributed by atoms with Crippen LogP contribution in [0.15, 0.2) is 42.5 Å². The summed E-state index contributed by atoms with van der Waals surface area (Å²) < 4.78 is 11.9. The zero-order chi connectivity index (χ0) is 18.5. The second kappa shape index (κ2) is 5.96. The fourth-order valence-corrected chi connectivity index (χ4v) is 3.52. The maximum Gasteiger partial charge on any atom is 0.0913 e. The molecule has 0 heterocycles. The van der Waals surface area contributed by atoms with Gasteiger partial charge in [-0.05, 0) is 55.5 Å². The largest absolute Gasteiger partial charge is 0.376 e. The highest BCUT2D eigenvalue weighted by molar-refractivity contribution is 5.80. The molecular weight excluding hydrogens is 308 g/mol. The summed E-state index contributed by atoms with van der Waals surface area (Å²) in [5.41, 5.74) is 6.01. The van der Waals surface area contributed by atoms with E-state index in [1.165, 1.54) is 27.8 Å². The van der Waals surface area contributed by atoms with Crippen LogP contribution >= 0.6 is 0 Å². The molecule has 1 aliphatic carbocycles. The van der Waals surface area contributed by atoms with Crippen molar-refractivity contribution >= 4 is 0 Å². The van der Waals surface area contributed by atoms with Gasteiger partial charge in [-0.1, -0.05) is 56.3 Å². The lowest BCUT2D eigenvalue weighted by Gasteiger charge is -2.40. The summed E-state index contributed by atoms with van der Waals surface area (Å²) in [5, 5.41) is 0. The zero-order valence-electron chi connectivity index (χ0n) is 16.6. The van der Waals surface area contributed by atoms with Crippen molar-refractivity contribution in [1.29, 1.82) is 0 Å². The van der Waals surface area contributed by atoms with Crippen molar-refractivity contribution in [1.82, 2.24) is 0 Å². The summed E-state index contributed by atoms with van der Waals surface area (Å²) in [7, 11) is 1.74. The van der Waals surface area contributed by atoms with Gasteiger partial charge < -0.3 is 9.47 Å². The Morgan fingerprint density at radius 2 is 1.48 bits per heavy atom. The molecule has 0 bridgehead atoms. The van der Waals surface area contributed by atoms with Gasteiger partial charge in [0.05, 0.1) is 17.8 Å². The van der Waals surface area contributed by atoms with Crippen LogP contribution in [0.2, 0.25) is 0 Å². The first kappa shape index (κ1) is 18.2. The van der Waals surface area contributed by atoms with E-state index < -0.39 is 0 Å². The van der Waals surface area contributed by atoms with Crippen molar-refractivity contribution < 1.29 is 9.47 Å². The van der Waals surface area contributed by atoms with Gasteiger partial charge in [-0.3, -0.25) is 0 Å². The number of hydrogen-bond acceptors (Lipinski definition) is 2. The number of hydrogen-bond donors (Lipinski definition) is 0. The van der Waals surface area contributed by atoms with Crippen molar-refractivity contribution in [2.45, 2.75) is 64.8 Å². The molecule has 25 heavy (non-hydrogen) atoms. The molecule has 0 atom stereocenters. The van der Waals surface area contributed by atoms with Crippen LogP contribution in [-0.4, -0.2) is 18.3 Å². The van der Waals surface area contributed by atoms with Crippen LogP contribution in [0.5, 0.6) is 0 Å². The molecule has 2 heteroatoms. The third kappa shape index (κ3) is 2.92. The van der Waals surface area contributed by atoms with Crippen molar-refractivity contribution in [3.8, 4) is 11.1 Å². The molecule has 0 aromatic heterocycles. The summed E-state index contributed by atoms with van der Waals surface area (Å²) in [6.07, 6.45) is 0. The lowest BCUT2D eigenvalue weighted by molar-refractivity contribution is -0.169. The van der Waals surface area contributed by atoms with Gasteiger partial charge in [-0.25, -0.2) is 0 Å². The minimum atomic E-state index is -0.376. The molecule has 0 saturated carbocycles. The Bertz CT molecular complexity index is 784. The Morgan fingerprint density at radius 3 is 2.16 bits per heavy atom. The molecule has 2 aromatic rings. The molecule has 0 aliphatic heterocycles. The Labute approximate surface area is 152 Å². The minimum Gasteiger partial charge on any atom is -0.376 e. The van der Waals surface area contributed by atoms with Gasteiger partial charge in [-0.2, -0.15) is 0 Å². The molecule has 0 fully saturated rings.